The fourth-order valence-corrected chi connectivity index (χ4v) is 3.45. The Balaban J connectivity index is 2.01. The van der Waals surface area contributed by atoms with E-state index in [9.17, 15) is 63.0 Å². The molecule has 3 aromatic rings. The Kier molecular flexibility index (Phi) is 8.60. The number of alkyl halides is 9. The minimum atomic E-state index is -6.71. The fraction of sp³-hybridized carbons (Fsp3) is 0.167. The van der Waals surface area contributed by atoms with Crippen molar-refractivity contribution in [1.82, 2.24) is 0 Å². The summed E-state index contributed by atoms with van der Waals surface area (Å²) in [5.74, 6) is -10.6. The van der Waals surface area contributed by atoms with E-state index in [4.69, 9.17) is 0 Å². The van der Waals surface area contributed by atoms with Gasteiger partial charge in [0, 0.05) is 11.6 Å². The molecule has 0 aliphatic heterocycles. The second-order valence-corrected chi connectivity index (χ2v) is 8.10. The Hall–Kier alpha value is -4.64. The van der Waals surface area contributed by atoms with Crippen LogP contribution in [0.1, 0.15) is 26.3 Å². The lowest BCUT2D eigenvalue weighted by molar-refractivity contribution is -0.348. The molecule has 3 rings (SSSR count). The maximum absolute atomic E-state index is 15.0. The molecule has 0 aromatic heterocycles. The summed E-state index contributed by atoms with van der Waals surface area (Å²) in [6.07, 6.45) is -13.4. The van der Waals surface area contributed by atoms with Crippen LogP contribution in [-0.2, 0) is 5.67 Å². The summed E-state index contributed by atoms with van der Waals surface area (Å²) in [5, 5.41) is 13.4. The third kappa shape index (κ3) is 6.15. The molecule has 0 bridgehead atoms. The first-order valence-corrected chi connectivity index (χ1v) is 10.8. The minimum Gasteiger partial charge on any atom is -0.506 e. The van der Waals surface area contributed by atoms with E-state index < -0.39 is 106 Å². The average molecular weight is 620 g/mol. The molecule has 6 nitrogen and oxygen atoms in total. The van der Waals surface area contributed by atoms with Crippen molar-refractivity contribution in [3.63, 3.8) is 0 Å². The number of anilines is 2. The van der Waals surface area contributed by atoms with E-state index in [0.29, 0.717) is 24.3 Å². The van der Waals surface area contributed by atoms with Crippen molar-refractivity contribution in [3.05, 3.63) is 82.7 Å². The van der Waals surface area contributed by atoms with Crippen LogP contribution in [0.3, 0.4) is 0 Å². The van der Waals surface area contributed by atoms with Gasteiger partial charge in [-0.15, -0.1) is 0 Å². The van der Waals surface area contributed by atoms with Crippen molar-refractivity contribution in [2.24, 2.45) is 0 Å². The van der Waals surface area contributed by atoms with Gasteiger partial charge in [0.2, 0.25) is 0 Å². The van der Waals surface area contributed by atoms with Crippen LogP contribution >= 0.6 is 0 Å². The van der Waals surface area contributed by atoms with Gasteiger partial charge in [-0.25, -0.2) is 17.6 Å². The van der Waals surface area contributed by atoms with Crippen LogP contribution in [0.4, 0.5) is 64.1 Å². The van der Waals surface area contributed by atoms with Gasteiger partial charge in [-0.05, 0) is 36.4 Å². The molecule has 0 radical (unpaired) electrons. The number of ether oxygens (including phenoxy) is 1. The summed E-state index contributed by atoms with van der Waals surface area (Å²) >= 11 is 0. The van der Waals surface area contributed by atoms with E-state index >= 15 is 4.39 Å². The number of halogens is 12. The highest BCUT2D eigenvalue weighted by atomic mass is 19.4. The number of hydrogen-bond acceptors (Lipinski definition) is 4. The number of carbonyl (C=O) groups is 2. The summed E-state index contributed by atoms with van der Waals surface area (Å²) in [4.78, 5) is 24.9. The Bertz CT molecular complexity index is 1510. The molecule has 0 aliphatic rings. The first-order valence-electron chi connectivity index (χ1n) is 10.8. The second-order valence-electron chi connectivity index (χ2n) is 8.10. The molecule has 0 saturated heterocycles. The molecular formula is C24H12F12N2O4. The van der Waals surface area contributed by atoms with Crippen molar-refractivity contribution in [2.75, 3.05) is 10.6 Å². The highest BCUT2D eigenvalue weighted by Gasteiger charge is 2.73. The van der Waals surface area contributed by atoms with E-state index in [1.165, 1.54) is 5.32 Å². The molecule has 0 atom stereocenters. The summed E-state index contributed by atoms with van der Waals surface area (Å²) in [5.41, 5.74) is -12.7. The van der Waals surface area contributed by atoms with Gasteiger partial charge in [-0.3, -0.25) is 9.59 Å². The zero-order chi connectivity index (χ0) is 31.8. The van der Waals surface area contributed by atoms with Gasteiger partial charge in [0.1, 0.15) is 23.1 Å². The number of rotatable bonds is 7. The monoisotopic (exact) mass is 620 g/mol. The Morgan fingerprint density at radius 1 is 0.786 bits per heavy atom. The topological polar surface area (TPSA) is 87.7 Å². The number of hydrogen-bond donors (Lipinski definition) is 3. The van der Waals surface area contributed by atoms with Crippen molar-refractivity contribution < 1.29 is 72.1 Å². The number of benzene rings is 3. The summed E-state index contributed by atoms with van der Waals surface area (Å²) in [7, 11) is 0. The predicted molar refractivity (Wildman–Crippen MR) is 118 cm³/mol. The van der Waals surface area contributed by atoms with Crippen LogP contribution in [0, 0.1) is 17.5 Å². The Morgan fingerprint density at radius 3 is 1.93 bits per heavy atom. The molecule has 3 aromatic carbocycles. The number of phenols is 1. The number of phenolic OH excluding ortho intramolecular Hbond substituents is 1. The quantitative estimate of drug-likeness (QED) is 0.193. The number of aromatic hydroxyl groups is 1. The lowest BCUT2D eigenvalue weighted by atomic mass is 9.93. The Labute approximate surface area is 225 Å². The summed E-state index contributed by atoms with van der Waals surface area (Å²) < 4.78 is 165. The molecule has 2 amide bonds. The largest absolute Gasteiger partial charge is 0.506 e. The standard InChI is InChI=1S/C24H12F12N2O4/c25-10-4-5-11(13(26)8-10)19(40)37-14-3-1-2-12(17(14)27)20(41)38-18-15(39)6-9(7-16(18)42-21(28)29)22(30,23(31,32)33)24(34,35)36/h1-8,21,39H,(H,37,40)(H,38,41). The molecule has 0 heterocycles. The van der Waals surface area contributed by atoms with E-state index in [0.717, 1.165) is 12.1 Å². The van der Waals surface area contributed by atoms with Gasteiger partial charge < -0.3 is 20.5 Å². The van der Waals surface area contributed by atoms with E-state index in [1.807, 2.05) is 5.32 Å². The maximum Gasteiger partial charge on any atom is 0.435 e. The number of amides is 2. The third-order valence-electron chi connectivity index (χ3n) is 5.38. The highest BCUT2D eigenvalue weighted by Crippen LogP contribution is 2.55. The molecule has 0 saturated carbocycles. The van der Waals surface area contributed by atoms with Crippen molar-refractivity contribution >= 4 is 23.2 Å². The van der Waals surface area contributed by atoms with Crippen LogP contribution in [0.2, 0.25) is 0 Å². The molecule has 0 aliphatic carbocycles. The molecule has 42 heavy (non-hydrogen) atoms. The van der Waals surface area contributed by atoms with Gasteiger partial charge in [0.25, 0.3) is 11.8 Å². The third-order valence-corrected chi connectivity index (χ3v) is 5.38. The molecular weight excluding hydrogens is 608 g/mol. The lowest BCUT2D eigenvalue weighted by Crippen LogP contribution is -2.50. The average Bonchev–Trinajstić information content (AvgIpc) is 2.84. The normalized spacial score (nSPS) is 12.3. The van der Waals surface area contributed by atoms with E-state index in [-0.39, 0.29) is 0 Å². The summed E-state index contributed by atoms with van der Waals surface area (Å²) in [6.45, 7) is -4.00. The van der Waals surface area contributed by atoms with Crippen molar-refractivity contribution in [2.45, 2.75) is 24.6 Å². The summed E-state index contributed by atoms with van der Waals surface area (Å²) in [6, 6.07) is 3.21. The van der Waals surface area contributed by atoms with E-state index in [1.54, 1.807) is 0 Å². The minimum absolute atomic E-state index is 0.336. The van der Waals surface area contributed by atoms with Gasteiger partial charge in [-0.2, -0.15) is 35.1 Å². The molecule has 3 N–H and O–H groups in total. The number of carbonyl (C=O) groups excluding carboxylic acids is 2. The zero-order valence-electron chi connectivity index (χ0n) is 19.9. The van der Waals surface area contributed by atoms with Gasteiger partial charge >= 0.3 is 24.6 Å². The molecule has 226 valence electrons. The SMILES string of the molecule is O=C(Nc1cccc(C(=O)Nc2c(O)cc(C(F)(C(F)(F)F)C(F)(F)F)cc2OC(F)F)c1F)c1ccc(F)cc1F. The molecule has 0 spiro atoms. The van der Waals surface area contributed by atoms with Crippen molar-refractivity contribution in [1.29, 1.82) is 0 Å². The van der Waals surface area contributed by atoms with Crippen LogP contribution in [0.25, 0.3) is 0 Å². The first-order chi connectivity index (χ1) is 19.3. The smallest absolute Gasteiger partial charge is 0.435 e. The van der Waals surface area contributed by atoms with E-state index in [2.05, 4.69) is 4.74 Å². The van der Waals surface area contributed by atoms with Crippen LogP contribution in [-0.4, -0.2) is 35.9 Å². The number of nitrogens with one attached hydrogen (secondary N) is 2. The van der Waals surface area contributed by atoms with Gasteiger partial charge in [0.15, 0.2) is 11.6 Å². The highest BCUT2D eigenvalue weighted by molar-refractivity contribution is 6.08. The Morgan fingerprint density at radius 2 is 1.38 bits per heavy atom. The van der Waals surface area contributed by atoms with Gasteiger partial charge in [0.05, 0.1) is 16.8 Å². The molecule has 18 heteroatoms. The molecule has 0 unspecified atom stereocenters. The fourth-order valence-electron chi connectivity index (χ4n) is 3.45. The van der Waals surface area contributed by atoms with Crippen LogP contribution in [0.15, 0.2) is 48.5 Å². The lowest BCUT2D eigenvalue weighted by Gasteiger charge is -2.31. The second kappa shape index (κ2) is 11.3. The zero-order valence-corrected chi connectivity index (χ0v) is 19.9. The van der Waals surface area contributed by atoms with Gasteiger partial charge in [-0.1, -0.05) is 6.07 Å². The maximum atomic E-state index is 15.0. The van der Waals surface area contributed by atoms with Crippen LogP contribution in [0.5, 0.6) is 11.5 Å². The van der Waals surface area contributed by atoms with Crippen molar-refractivity contribution in [3.8, 4) is 11.5 Å². The first kappa shape index (κ1) is 31.9. The molecule has 0 fully saturated rings. The van der Waals surface area contributed by atoms with Crippen LogP contribution < -0.4 is 15.4 Å². The predicted octanol–water partition coefficient (Wildman–Crippen LogP) is 7.20.